The van der Waals surface area contributed by atoms with Gasteiger partial charge in [-0.1, -0.05) is 24.3 Å². The summed E-state index contributed by atoms with van der Waals surface area (Å²) >= 11 is 0. The van der Waals surface area contributed by atoms with Crippen LogP contribution < -0.4 is 0 Å². The second-order valence-corrected chi connectivity index (χ2v) is 4.83. The quantitative estimate of drug-likeness (QED) is 0.542. The van der Waals surface area contributed by atoms with Gasteiger partial charge in [0, 0.05) is 11.1 Å². The van der Waals surface area contributed by atoms with Crippen molar-refractivity contribution in [3.8, 4) is 22.3 Å². The van der Waals surface area contributed by atoms with Crippen molar-refractivity contribution in [3.05, 3.63) is 83.9 Å². The topological polar surface area (TPSA) is 0 Å². The van der Waals surface area contributed by atoms with Gasteiger partial charge < -0.3 is 0 Å². The molecule has 0 saturated heterocycles. The SMILES string of the molecule is Fc1ccc(-c2cc(F)c(-c3ccc(F)cc3)cc2F)cc1. The minimum Gasteiger partial charge on any atom is -0.207 e. The molecule has 0 aliphatic rings. The van der Waals surface area contributed by atoms with E-state index in [1.807, 2.05) is 0 Å². The molecule has 0 atom stereocenters. The molecule has 0 nitrogen and oxygen atoms in total. The van der Waals surface area contributed by atoms with Gasteiger partial charge >= 0.3 is 0 Å². The largest absolute Gasteiger partial charge is 0.207 e. The fourth-order valence-corrected chi connectivity index (χ4v) is 2.25. The minimum absolute atomic E-state index is 0.0448. The molecule has 0 unspecified atom stereocenters. The second kappa shape index (κ2) is 5.64. The molecule has 0 spiro atoms. The summed E-state index contributed by atoms with van der Waals surface area (Å²) in [6.07, 6.45) is 0. The van der Waals surface area contributed by atoms with Crippen LogP contribution in [0, 0.1) is 23.3 Å². The molecule has 110 valence electrons. The first kappa shape index (κ1) is 14.3. The Morgan fingerprint density at radius 2 is 0.773 bits per heavy atom. The van der Waals surface area contributed by atoms with Gasteiger partial charge in [0.05, 0.1) is 0 Å². The van der Waals surface area contributed by atoms with Gasteiger partial charge in [0.25, 0.3) is 0 Å². The normalized spacial score (nSPS) is 10.7. The summed E-state index contributed by atoms with van der Waals surface area (Å²) in [4.78, 5) is 0. The van der Waals surface area contributed by atoms with Crippen LogP contribution >= 0.6 is 0 Å². The van der Waals surface area contributed by atoms with E-state index in [4.69, 9.17) is 0 Å². The molecule has 0 aliphatic heterocycles. The molecular weight excluding hydrogens is 292 g/mol. The third-order valence-corrected chi connectivity index (χ3v) is 3.37. The fraction of sp³-hybridized carbons (Fsp3) is 0. The van der Waals surface area contributed by atoms with Crippen LogP contribution in [0.3, 0.4) is 0 Å². The highest BCUT2D eigenvalue weighted by Gasteiger charge is 2.13. The van der Waals surface area contributed by atoms with E-state index < -0.39 is 23.3 Å². The van der Waals surface area contributed by atoms with E-state index >= 15 is 0 Å². The van der Waals surface area contributed by atoms with Gasteiger partial charge in [-0.2, -0.15) is 0 Å². The van der Waals surface area contributed by atoms with E-state index in [1.54, 1.807) is 0 Å². The molecule has 0 amide bonds. The first-order valence-electron chi connectivity index (χ1n) is 6.55. The molecule has 4 heteroatoms. The molecule has 0 N–H and O–H groups in total. The lowest BCUT2D eigenvalue weighted by Gasteiger charge is -2.09. The standard InChI is InChI=1S/C18H10F4/c19-13-5-1-11(2-6-13)15-9-18(22)16(10-17(15)21)12-3-7-14(20)8-4-12/h1-10H. The van der Waals surface area contributed by atoms with Crippen molar-refractivity contribution >= 4 is 0 Å². The first-order chi connectivity index (χ1) is 10.5. The van der Waals surface area contributed by atoms with E-state index in [0.717, 1.165) is 12.1 Å². The van der Waals surface area contributed by atoms with Crippen LogP contribution in [0.2, 0.25) is 0 Å². The summed E-state index contributed by atoms with van der Waals surface area (Å²) < 4.78 is 54.3. The lowest BCUT2D eigenvalue weighted by molar-refractivity contribution is 0.605. The number of hydrogen-bond acceptors (Lipinski definition) is 0. The minimum atomic E-state index is -0.632. The van der Waals surface area contributed by atoms with Gasteiger partial charge in [0.15, 0.2) is 0 Å². The van der Waals surface area contributed by atoms with Crippen molar-refractivity contribution in [2.75, 3.05) is 0 Å². The van der Waals surface area contributed by atoms with E-state index in [1.165, 1.54) is 48.5 Å². The van der Waals surface area contributed by atoms with Crippen molar-refractivity contribution in [2.24, 2.45) is 0 Å². The lowest BCUT2D eigenvalue weighted by atomic mass is 9.99. The summed E-state index contributed by atoms with van der Waals surface area (Å²) in [5.74, 6) is -2.17. The molecule has 0 aromatic heterocycles. The van der Waals surface area contributed by atoms with Crippen molar-refractivity contribution in [1.29, 1.82) is 0 Å². The van der Waals surface area contributed by atoms with Crippen LogP contribution in [0.25, 0.3) is 22.3 Å². The first-order valence-corrected chi connectivity index (χ1v) is 6.55. The van der Waals surface area contributed by atoms with E-state index in [9.17, 15) is 17.6 Å². The zero-order valence-electron chi connectivity index (χ0n) is 11.3. The van der Waals surface area contributed by atoms with Gasteiger partial charge in [0.2, 0.25) is 0 Å². The van der Waals surface area contributed by atoms with Crippen LogP contribution in [0.4, 0.5) is 17.6 Å². The molecule has 3 aromatic rings. The van der Waals surface area contributed by atoms with E-state index in [-0.39, 0.29) is 11.1 Å². The maximum absolute atomic E-state index is 14.2. The Morgan fingerprint density at radius 1 is 0.455 bits per heavy atom. The second-order valence-electron chi connectivity index (χ2n) is 4.83. The smallest absolute Gasteiger partial charge is 0.131 e. The maximum atomic E-state index is 14.2. The van der Waals surface area contributed by atoms with Crippen LogP contribution in [0.5, 0.6) is 0 Å². The Kier molecular flexibility index (Phi) is 3.67. The molecule has 0 fully saturated rings. The van der Waals surface area contributed by atoms with Gasteiger partial charge in [-0.25, -0.2) is 17.6 Å². The zero-order chi connectivity index (χ0) is 15.7. The zero-order valence-corrected chi connectivity index (χ0v) is 11.3. The number of benzene rings is 3. The summed E-state index contributed by atoms with van der Waals surface area (Å²) in [7, 11) is 0. The van der Waals surface area contributed by atoms with Crippen molar-refractivity contribution < 1.29 is 17.6 Å². The van der Waals surface area contributed by atoms with Crippen molar-refractivity contribution in [3.63, 3.8) is 0 Å². The third-order valence-electron chi connectivity index (χ3n) is 3.37. The average molecular weight is 302 g/mol. The molecule has 3 aromatic carbocycles. The average Bonchev–Trinajstić information content (AvgIpc) is 2.51. The fourth-order valence-electron chi connectivity index (χ4n) is 2.25. The Morgan fingerprint density at radius 3 is 1.09 bits per heavy atom. The highest BCUT2D eigenvalue weighted by Crippen LogP contribution is 2.30. The van der Waals surface area contributed by atoms with Gasteiger partial charge in [0.1, 0.15) is 23.3 Å². The molecule has 0 aliphatic carbocycles. The molecular formula is C18H10F4. The number of hydrogen-bond donors (Lipinski definition) is 0. The molecule has 3 rings (SSSR count). The third kappa shape index (κ3) is 2.72. The molecule has 0 radical (unpaired) electrons. The Balaban J connectivity index is 2.08. The Labute approximate surface area is 124 Å². The molecule has 0 saturated carbocycles. The van der Waals surface area contributed by atoms with E-state index in [0.29, 0.717) is 11.1 Å². The predicted molar refractivity (Wildman–Crippen MR) is 77.1 cm³/mol. The predicted octanol–water partition coefficient (Wildman–Crippen LogP) is 5.58. The van der Waals surface area contributed by atoms with Gasteiger partial charge in [-0.3, -0.25) is 0 Å². The van der Waals surface area contributed by atoms with Crippen LogP contribution in [0.15, 0.2) is 60.7 Å². The number of rotatable bonds is 2. The van der Waals surface area contributed by atoms with Crippen molar-refractivity contribution in [2.45, 2.75) is 0 Å². The Bertz CT molecular complexity index is 734. The molecule has 0 bridgehead atoms. The summed E-state index contributed by atoms with van der Waals surface area (Å²) in [6, 6.07) is 12.4. The summed E-state index contributed by atoms with van der Waals surface area (Å²) in [5, 5.41) is 0. The monoisotopic (exact) mass is 302 g/mol. The number of halogens is 4. The Hall–Kier alpha value is -2.62. The van der Waals surface area contributed by atoms with E-state index in [2.05, 4.69) is 0 Å². The molecule has 0 heterocycles. The maximum Gasteiger partial charge on any atom is 0.131 e. The van der Waals surface area contributed by atoms with Crippen LogP contribution in [-0.2, 0) is 0 Å². The van der Waals surface area contributed by atoms with Crippen molar-refractivity contribution in [1.82, 2.24) is 0 Å². The lowest BCUT2D eigenvalue weighted by Crippen LogP contribution is -1.92. The van der Waals surface area contributed by atoms with Crippen LogP contribution in [0.1, 0.15) is 0 Å². The summed E-state index contributed by atoms with van der Waals surface area (Å²) in [5.41, 5.74) is 0.846. The molecule has 22 heavy (non-hydrogen) atoms. The van der Waals surface area contributed by atoms with Gasteiger partial charge in [-0.15, -0.1) is 0 Å². The summed E-state index contributed by atoms with van der Waals surface area (Å²) in [6.45, 7) is 0. The van der Waals surface area contributed by atoms with Crippen LogP contribution in [-0.4, -0.2) is 0 Å². The highest BCUT2D eigenvalue weighted by atomic mass is 19.1. The highest BCUT2D eigenvalue weighted by molar-refractivity contribution is 5.71. The van der Waals surface area contributed by atoms with Gasteiger partial charge in [-0.05, 0) is 47.5 Å².